The third-order valence-electron chi connectivity index (χ3n) is 4.40. The van der Waals surface area contributed by atoms with Gasteiger partial charge in [-0.05, 0) is 24.7 Å². The molecule has 0 aromatic carbocycles. The molecule has 0 nitrogen and oxygen atoms in total. The molecule has 1 aliphatic carbocycles. The van der Waals surface area contributed by atoms with Gasteiger partial charge in [-0.25, -0.2) is 0 Å². The average Bonchev–Trinajstić information content (AvgIpc) is 2.38. The van der Waals surface area contributed by atoms with Gasteiger partial charge in [0.1, 0.15) is 0 Å². The van der Waals surface area contributed by atoms with Gasteiger partial charge in [0.25, 0.3) is 0 Å². The van der Waals surface area contributed by atoms with Crippen molar-refractivity contribution in [3.8, 4) is 0 Å². The van der Waals surface area contributed by atoms with E-state index in [4.69, 9.17) is 0 Å². The molecule has 0 aromatic heterocycles. The van der Waals surface area contributed by atoms with Crippen molar-refractivity contribution in [3.63, 3.8) is 0 Å². The van der Waals surface area contributed by atoms with Crippen LogP contribution in [-0.2, 0) is 0 Å². The molecule has 0 amide bonds. The summed E-state index contributed by atoms with van der Waals surface area (Å²) in [5, 5.41) is 0. The van der Waals surface area contributed by atoms with Crippen LogP contribution < -0.4 is 0 Å². The molecule has 1 rings (SSSR count). The van der Waals surface area contributed by atoms with Crippen LogP contribution in [0, 0.1) is 11.8 Å². The molecule has 0 aromatic rings. The summed E-state index contributed by atoms with van der Waals surface area (Å²) in [6, 6.07) is 0. The first-order chi connectivity index (χ1) is 8.36. The fourth-order valence-corrected chi connectivity index (χ4v) is 3.95. The van der Waals surface area contributed by atoms with Crippen molar-refractivity contribution in [2.75, 3.05) is 4.43 Å². The first-order valence-electron chi connectivity index (χ1n) is 7.92. The minimum absolute atomic E-state index is 1.06. The monoisotopic (exact) mass is 350 g/mol. The van der Waals surface area contributed by atoms with E-state index in [-0.39, 0.29) is 0 Å². The molecule has 1 aliphatic rings. The summed E-state index contributed by atoms with van der Waals surface area (Å²) >= 11 is 2.56. The standard InChI is InChI=1S/C16H31I/c1-2-3-4-5-6-7-8-9-15-10-12-16(14-17)13-11-15/h15-16H,2-14H2,1H3/t15-,16-. The number of alkyl halides is 1. The first-order valence-corrected chi connectivity index (χ1v) is 9.45. The van der Waals surface area contributed by atoms with Gasteiger partial charge in [-0.1, -0.05) is 93.7 Å². The molecule has 1 heteroatoms. The van der Waals surface area contributed by atoms with E-state index in [1.165, 1.54) is 81.5 Å². The lowest BCUT2D eigenvalue weighted by Gasteiger charge is -2.27. The normalized spacial score (nSPS) is 25.1. The van der Waals surface area contributed by atoms with Crippen LogP contribution in [0.15, 0.2) is 0 Å². The molecule has 1 fully saturated rings. The summed E-state index contributed by atoms with van der Waals surface area (Å²) in [6.07, 6.45) is 17.9. The van der Waals surface area contributed by atoms with Crippen LogP contribution >= 0.6 is 22.6 Å². The maximum absolute atomic E-state index is 2.56. The second kappa shape index (κ2) is 10.6. The second-order valence-electron chi connectivity index (χ2n) is 5.95. The Morgan fingerprint density at radius 2 is 1.29 bits per heavy atom. The van der Waals surface area contributed by atoms with Crippen molar-refractivity contribution in [3.05, 3.63) is 0 Å². The summed E-state index contributed by atoms with van der Waals surface area (Å²) in [5.74, 6) is 2.14. The number of hydrogen-bond donors (Lipinski definition) is 0. The first kappa shape index (κ1) is 15.8. The zero-order chi connectivity index (χ0) is 12.3. The van der Waals surface area contributed by atoms with Gasteiger partial charge in [0, 0.05) is 4.43 Å². The zero-order valence-electron chi connectivity index (χ0n) is 11.7. The Hall–Kier alpha value is 0.730. The van der Waals surface area contributed by atoms with E-state index in [1.807, 2.05) is 0 Å². The lowest BCUT2D eigenvalue weighted by Crippen LogP contribution is -2.15. The maximum atomic E-state index is 2.56. The Morgan fingerprint density at radius 3 is 1.88 bits per heavy atom. The molecule has 0 radical (unpaired) electrons. The largest absolute Gasteiger partial charge is 0.0861 e. The molecule has 0 saturated heterocycles. The van der Waals surface area contributed by atoms with E-state index in [9.17, 15) is 0 Å². The molecule has 0 unspecified atom stereocenters. The van der Waals surface area contributed by atoms with Crippen LogP contribution in [0.2, 0.25) is 0 Å². The lowest BCUT2D eigenvalue weighted by atomic mass is 9.80. The molecular formula is C16H31I. The van der Waals surface area contributed by atoms with Gasteiger partial charge < -0.3 is 0 Å². The summed E-state index contributed by atoms with van der Waals surface area (Å²) in [5.41, 5.74) is 0. The lowest BCUT2D eigenvalue weighted by molar-refractivity contribution is 0.276. The van der Waals surface area contributed by atoms with E-state index in [0.29, 0.717) is 0 Å². The predicted molar refractivity (Wildman–Crippen MR) is 86.9 cm³/mol. The van der Waals surface area contributed by atoms with Gasteiger partial charge in [-0.2, -0.15) is 0 Å². The smallest absolute Gasteiger partial charge is 0.00237 e. The van der Waals surface area contributed by atoms with Crippen LogP contribution in [0.5, 0.6) is 0 Å². The Labute approximate surface area is 122 Å². The van der Waals surface area contributed by atoms with Crippen LogP contribution in [-0.4, -0.2) is 4.43 Å². The topological polar surface area (TPSA) is 0 Å². The highest BCUT2D eigenvalue weighted by molar-refractivity contribution is 14.1. The van der Waals surface area contributed by atoms with Crippen molar-refractivity contribution < 1.29 is 0 Å². The van der Waals surface area contributed by atoms with Gasteiger partial charge in [0.2, 0.25) is 0 Å². The summed E-state index contributed by atoms with van der Waals surface area (Å²) in [6.45, 7) is 2.30. The Kier molecular flexibility index (Phi) is 9.87. The molecule has 0 heterocycles. The zero-order valence-corrected chi connectivity index (χ0v) is 13.9. The summed E-state index contributed by atoms with van der Waals surface area (Å²) < 4.78 is 1.39. The minimum Gasteiger partial charge on any atom is -0.0861 e. The molecule has 0 atom stereocenters. The molecule has 0 N–H and O–H groups in total. The van der Waals surface area contributed by atoms with Crippen molar-refractivity contribution in [2.24, 2.45) is 11.8 Å². The highest BCUT2D eigenvalue weighted by Crippen LogP contribution is 2.32. The van der Waals surface area contributed by atoms with E-state index in [0.717, 1.165) is 11.8 Å². The Balaban J connectivity index is 1.87. The van der Waals surface area contributed by atoms with Crippen LogP contribution in [0.25, 0.3) is 0 Å². The number of rotatable bonds is 9. The van der Waals surface area contributed by atoms with Gasteiger partial charge >= 0.3 is 0 Å². The SMILES string of the molecule is CCCCCCCCC[C@H]1CC[C@H](CI)CC1. The quantitative estimate of drug-likeness (QED) is 0.257. The molecule has 0 aliphatic heterocycles. The van der Waals surface area contributed by atoms with Gasteiger partial charge in [-0.15, -0.1) is 0 Å². The fourth-order valence-electron chi connectivity index (χ4n) is 3.06. The summed E-state index contributed by atoms with van der Waals surface area (Å²) in [7, 11) is 0. The van der Waals surface area contributed by atoms with Crippen molar-refractivity contribution in [1.82, 2.24) is 0 Å². The molecule has 0 bridgehead atoms. The highest BCUT2D eigenvalue weighted by Gasteiger charge is 2.19. The summed E-state index contributed by atoms with van der Waals surface area (Å²) in [4.78, 5) is 0. The molecule has 102 valence electrons. The van der Waals surface area contributed by atoms with E-state index in [1.54, 1.807) is 0 Å². The number of unbranched alkanes of at least 4 members (excludes halogenated alkanes) is 6. The molecule has 17 heavy (non-hydrogen) atoms. The minimum atomic E-state index is 1.06. The van der Waals surface area contributed by atoms with Gasteiger partial charge in [-0.3, -0.25) is 0 Å². The highest BCUT2D eigenvalue weighted by atomic mass is 127. The van der Waals surface area contributed by atoms with Crippen LogP contribution in [0.1, 0.15) is 84.0 Å². The Morgan fingerprint density at radius 1 is 0.765 bits per heavy atom. The van der Waals surface area contributed by atoms with Gasteiger partial charge in [0.05, 0.1) is 0 Å². The molecular weight excluding hydrogens is 319 g/mol. The number of hydrogen-bond acceptors (Lipinski definition) is 0. The van der Waals surface area contributed by atoms with E-state index in [2.05, 4.69) is 29.5 Å². The van der Waals surface area contributed by atoms with E-state index < -0.39 is 0 Å². The second-order valence-corrected chi connectivity index (χ2v) is 6.83. The number of halogens is 1. The fraction of sp³-hybridized carbons (Fsp3) is 1.00. The predicted octanol–water partition coefficient (Wildman–Crippen LogP) is 6.37. The van der Waals surface area contributed by atoms with Crippen LogP contribution in [0.4, 0.5) is 0 Å². The third kappa shape index (κ3) is 7.69. The Bertz CT molecular complexity index is 159. The van der Waals surface area contributed by atoms with Crippen LogP contribution in [0.3, 0.4) is 0 Å². The molecule has 1 saturated carbocycles. The van der Waals surface area contributed by atoms with Crippen molar-refractivity contribution in [2.45, 2.75) is 84.0 Å². The third-order valence-corrected chi connectivity index (χ3v) is 5.65. The molecule has 0 spiro atoms. The maximum Gasteiger partial charge on any atom is 0.00237 e. The van der Waals surface area contributed by atoms with Crippen molar-refractivity contribution in [1.29, 1.82) is 0 Å². The van der Waals surface area contributed by atoms with Crippen molar-refractivity contribution >= 4 is 22.6 Å². The average molecular weight is 350 g/mol. The van der Waals surface area contributed by atoms with E-state index >= 15 is 0 Å². The van der Waals surface area contributed by atoms with Gasteiger partial charge in [0.15, 0.2) is 0 Å².